The lowest BCUT2D eigenvalue weighted by atomic mass is 10.2. The maximum atomic E-state index is 12.6. The molecule has 4 nitrogen and oxygen atoms in total. The van der Waals surface area contributed by atoms with Crippen LogP contribution < -0.4 is 0 Å². The molecule has 0 aliphatic carbocycles. The fourth-order valence-corrected chi connectivity index (χ4v) is 1.68. The molecule has 0 spiro atoms. The number of pyridine rings is 1. The lowest BCUT2D eigenvalue weighted by molar-refractivity contribution is -0.386. The van der Waals surface area contributed by atoms with Crippen LogP contribution >= 0.6 is 27.5 Å². The summed E-state index contributed by atoms with van der Waals surface area (Å²) in [5.74, 6) is 0. The van der Waals surface area contributed by atoms with Crippen molar-refractivity contribution in [3.63, 3.8) is 0 Å². The average Bonchev–Trinajstić information content (AvgIpc) is 2.15. The van der Waals surface area contributed by atoms with E-state index in [0.717, 1.165) is 6.07 Å². The Morgan fingerprint density at radius 1 is 1.67 bits per heavy atom. The summed E-state index contributed by atoms with van der Waals surface area (Å²) in [6.45, 7) is 0. The molecule has 0 unspecified atom stereocenters. The molecule has 1 aromatic heterocycles. The summed E-state index contributed by atoms with van der Waals surface area (Å²) in [5, 5.41) is 10.3. The molecule has 1 heterocycles. The molecule has 0 atom stereocenters. The average molecular weight is 301 g/mol. The number of nitro groups is 1. The van der Waals surface area contributed by atoms with Crippen LogP contribution in [-0.4, -0.2) is 9.91 Å². The third kappa shape index (κ3) is 2.60. The minimum atomic E-state index is -2.96. The Bertz CT molecular complexity index is 403. The lowest BCUT2D eigenvalue weighted by Crippen LogP contribution is -2.02. The van der Waals surface area contributed by atoms with Crippen LogP contribution in [0.25, 0.3) is 0 Å². The highest BCUT2D eigenvalue weighted by atomic mass is 79.9. The molecule has 1 aromatic rings. The van der Waals surface area contributed by atoms with Gasteiger partial charge in [0.15, 0.2) is 0 Å². The van der Waals surface area contributed by atoms with Gasteiger partial charge in [-0.3, -0.25) is 10.1 Å². The van der Waals surface area contributed by atoms with Crippen molar-refractivity contribution in [2.45, 2.75) is 11.8 Å². The standard InChI is InChI=1S/C7H4BrClF2N2O2/c8-2-3-6(7(10)11)4(13(14)15)1-5(9)12-3/h1,7H,2H2. The van der Waals surface area contributed by atoms with Crippen molar-refractivity contribution in [3.8, 4) is 0 Å². The Labute approximate surface area is 96.5 Å². The van der Waals surface area contributed by atoms with Crippen LogP contribution in [0.2, 0.25) is 5.15 Å². The minimum Gasteiger partial charge on any atom is -0.258 e. The first-order valence-corrected chi connectivity index (χ1v) is 5.15. The van der Waals surface area contributed by atoms with Gasteiger partial charge in [0.05, 0.1) is 16.7 Å². The molecule has 0 aromatic carbocycles. The highest BCUT2D eigenvalue weighted by Gasteiger charge is 2.27. The smallest absolute Gasteiger partial charge is 0.258 e. The van der Waals surface area contributed by atoms with Gasteiger partial charge in [0.2, 0.25) is 0 Å². The molecule has 0 fully saturated rings. The van der Waals surface area contributed by atoms with Gasteiger partial charge in [0, 0.05) is 5.33 Å². The van der Waals surface area contributed by atoms with E-state index in [4.69, 9.17) is 11.6 Å². The molecule has 0 saturated heterocycles. The van der Waals surface area contributed by atoms with Crippen LogP contribution in [0, 0.1) is 10.1 Å². The Hall–Kier alpha value is -0.820. The Morgan fingerprint density at radius 3 is 2.67 bits per heavy atom. The highest BCUT2D eigenvalue weighted by Crippen LogP contribution is 2.33. The van der Waals surface area contributed by atoms with E-state index in [1.807, 2.05) is 0 Å². The largest absolute Gasteiger partial charge is 0.283 e. The van der Waals surface area contributed by atoms with Gasteiger partial charge >= 0.3 is 0 Å². The quantitative estimate of drug-likeness (QED) is 0.372. The number of rotatable bonds is 3. The summed E-state index contributed by atoms with van der Waals surface area (Å²) >= 11 is 8.39. The first kappa shape index (κ1) is 12.3. The number of hydrogen-bond acceptors (Lipinski definition) is 3. The molecule has 1 rings (SSSR count). The number of alkyl halides is 3. The second kappa shape index (κ2) is 4.80. The second-order valence-corrected chi connectivity index (χ2v) is 3.46. The second-order valence-electron chi connectivity index (χ2n) is 2.52. The predicted molar refractivity (Wildman–Crippen MR) is 53.5 cm³/mol. The first-order chi connectivity index (χ1) is 6.97. The number of halogens is 4. The molecule has 0 radical (unpaired) electrons. The fraction of sp³-hybridized carbons (Fsp3) is 0.286. The van der Waals surface area contributed by atoms with Crippen molar-refractivity contribution in [1.29, 1.82) is 0 Å². The van der Waals surface area contributed by atoms with Crippen LogP contribution in [0.4, 0.5) is 14.5 Å². The van der Waals surface area contributed by atoms with Crippen molar-refractivity contribution in [1.82, 2.24) is 4.98 Å². The highest BCUT2D eigenvalue weighted by molar-refractivity contribution is 9.08. The molecule has 0 aliphatic rings. The molecule has 0 amide bonds. The molecule has 15 heavy (non-hydrogen) atoms. The number of hydrogen-bond donors (Lipinski definition) is 0. The maximum Gasteiger partial charge on any atom is 0.283 e. The van der Waals surface area contributed by atoms with E-state index in [1.54, 1.807) is 0 Å². The van der Waals surface area contributed by atoms with Crippen molar-refractivity contribution < 1.29 is 13.7 Å². The van der Waals surface area contributed by atoms with Gasteiger partial charge in [-0.1, -0.05) is 27.5 Å². The van der Waals surface area contributed by atoms with Crippen molar-refractivity contribution in [2.24, 2.45) is 0 Å². The van der Waals surface area contributed by atoms with Gasteiger partial charge in [-0.2, -0.15) is 0 Å². The van der Waals surface area contributed by atoms with Crippen LogP contribution in [0.15, 0.2) is 6.07 Å². The zero-order chi connectivity index (χ0) is 11.6. The van der Waals surface area contributed by atoms with Gasteiger partial charge in [-0.15, -0.1) is 0 Å². The first-order valence-electron chi connectivity index (χ1n) is 3.65. The molecule has 82 valence electrons. The van der Waals surface area contributed by atoms with Crippen LogP contribution in [0.1, 0.15) is 17.7 Å². The maximum absolute atomic E-state index is 12.6. The van der Waals surface area contributed by atoms with E-state index in [-0.39, 0.29) is 16.2 Å². The van der Waals surface area contributed by atoms with Gasteiger partial charge in [-0.05, 0) is 0 Å². The van der Waals surface area contributed by atoms with Crippen molar-refractivity contribution in [3.05, 3.63) is 32.6 Å². The van der Waals surface area contributed by atoms with Gasteiger partial charge in [0.1, 0.15) is 10.7 Å². The molecule has 0 saturated carbocycles. The Morgan fingerprint density at radius 2 is 2.27 bits per heavy atom. The number of aromatic nitrogens is 1. The summed E-state index contributed by atoms with van der Waals surface area (Å²) < 4.78 is 25.1. The van der Waals surface area contributed by atoms with E-state index in [2.05, 4.69) is 20.9 Å². The third-order valence-electron chi connectivity index (χ3n) is 1.63. The van der Waals surface area contributed by atoms with E-state index in [9.17, 15) is 18.9 Å². The fourth-order valence-electron chi connectivity index (χ4n) is 1.05. The molecular formula is C7H4BrClF2N2O2. The summed E-state index contributed by atoms with van der Waals surface area (Å²) in [7, 11) is 0. The zero-order valence-corrected chi connectivity index (χ0v) is 9.43. The third-order valence-corrected chi connectivity index (χ3v) is 2.35. The normalized spacial score (nSPS) is 10.7. The van der Waals surface area contributed by atoms with E-state index < -0.39 is 22.6 Å². The van der Waals surface area contributed by atoms with Gasteiger partial charge in [0.25, 0.3) is 12.1 Å². The lowest BCUT2D eigenvalue weighted by Gasteiger charge is -2.06. The molecular weight excluding hydrogens is 297 g/mol. The predicted octanol–water partition coefficient (Wildman–Crippen LogP) is 3.48. The van der Waals surface area contributed by atoms with E-state index >= 15 is 0 Å². The van der Waals surface area contributed by atoms with Crippen LogP contribution in [-0.2, 0) is 5.33 Å². The number of nitrogens with zero attached hydrogens (tertiary/aromatic N) is 2. The van der Waals surface area contributed by atoms with Crippen LogP contribution in [0.3, 0.4) is 0 Å². The molecule has 0 N–H and O–H groups in total. The monoisotopic (exact) mass is 300 g/mol. The SMILES string of the molecule is O=[N+]([O-])c1cc(Cl)nc(CBr)c1C(F)F. The summed E-state index contributed by atoms with van der Waals surface area (Å²) in [6, 6.07) is 0.815. The Balaban J connectivity index is 3.47. The summed E-state index contributed by atoms with van der Waals surface area (Å²) in [5.41, 5.74) is -1.52. The van der Waals surface area contributed by atoms with Crippen LogP contribution in [0.5, 0.6) is 0 Å². The van der Waals surface area contributed by atoms with Crippen molar-refractivity contribution >= 4 is 33.2 Å². The molecule has 0 aliphatic heterocycles. The molecule has 0 bridgehead atoms. The molecule has 8 heteroatoms. The topological polar surface area (TPSA) is 56.0 Å². The zero-order valence-electron chi connectivity index (χ0n) is 7.08. The van der Waals surface area contributed by atoms with E-state index in [0.29, 0.717) is 0 Å². The van der Waals surface area contributed by atoms with E-state index in [1.165, 1.54) is 0 Å². The van der Waals surface area contributed by atoms with Gasteiger partial charge in [-0.25, -0.2) is 13.8 Å². The van der Waals surface area contributed by atoms with Crippen molar-refractivity contribution in [2.75, 3.05) is 0 Å². The summed E-state index contributed by atoms with van der Waals surface area (Å²) in [4.78, 5) is 13.2. The van der Waals surface area contributed by atoms with Gasteiger partial charge < -0.3 is 0 Å². The minimum absolute atomic E-state index is 0.0198. The summed E-state index contributed by atoms with van der Waals surface area (Å²) in [6.07, 6.45) is -2.96. The Kier molecular flexibility index (Phi) is 3.92.